The second kappa shape index (κ2) is 7.67. The molecular weight excluding hydrogens is 350 g/mol. The first-order valence-electron chi connectivity index (χ1n) is 7.63. The monoisotopic (exact) mass is 365 g/mol. The second-order valence-corrected chi connectivity index (χ2v) is 8.03. The van der Waals surface area contributed by atoms with Crippen molar-refractivity contribution >= 4 is 44.0 Å². The van der Waals surface area contributed by atoms with Gasteiger partial charge in [0.2, 0.25) is 0 Å². The SMILES string of the molecule is CCc1c(C(C#N)=C(c2ccccc2)c2ccccc2)ssc1=S. The van der Waals surface area contributed by atoms with Crippen LogP contribution in [-0.4, -0.2) is 0 Å². The third-order valence-electron chi connectivity index (χ3n) is 3.79. The highest BCUT2D eigenvalue weighted by atomic mass is 32.9. The summed E-state index contributed by atoms with van der Waals surface area (Å²) in [6.07, 6.45) is 0.843. The summed E-state index contributed by atoms with van der Waals surface area (Å²) in [7, 11) is 3.19. The van der Waals surface area contributed by atoms with Crippen molar-refractivity contribution in [2.24, 2.45) is 0 Å². The molecule has 4 heteroatoms. The Morgan fingerprint density at radius 2 is 1.50 bits per heavy atom. The molecular formula is C20H15NS3. The first-order chi connectivity index (χ1) is 11.8. The van der Waals surface area contributed by atoms with Gasteiger partial charge in [0.15, 0.2) is 0 Å². The smallest absolute Gasteiger partial charge is 0.105 e. The summed E-state index contributed by atoms with van der Waals surface area (Å²) in [5.41, 5.74) is 4.89. The van der Waals surface area contributed by atoms with Gasteiger partial charge in [-0.1, -0.05) is 100 Å². The van der Waals surface area contributed by atoms with Crippen LogP contribution in [0.1, 0.15) is 28.5 Å². The summed E-state index contributed by atoms with van der Waals surface area (Å²) in [6, 6.07) is 22.7. The van der Waals surface area contributed by atoms with E-state index in [-0.39, 0.29) is 0 Å². The minimum atomic E-state index is 0.710. The van der Waals surface area contributed by atoms with E-state index >= 15 is 0 Å². The van der Waals surface area contributed by atoms with Crippen LogP contribution in [0.5, 0.6) is 0 Å². The minimum Gasteiger partial charge on any atom is -0.192 e. The number of allylic oxidation sites excluding steroid dienone is 1. The maximum Gasteiger partial charge on any atom is 0.105 e. The van der Waals surface area contributed by atoms with Gasteiger partial charge in [-0.05, 0) is 17.5 Å². The van der Waals surface area contributed by atoms with E-state index in [4.69, 9.17) is 12.2 Å². The molecule has 0 spiro atoms. The largest absolute Gasteiger partial charge is 0.192 e. The normalized spacial score (nSPS) is 10.2. The molecule has 1 aromatic heterocycles. The molecule has 3 rings (SSSR count). The molecule has 0 amide bonds. The predicted molar refractivity (Wildman–Crippen MR) is 107 cm³/mol. The number of rotatable bonds is 4. The van der Waals surface area contributed by atoms with E-state index < -0.39 is 0 Å². The molecule has 0 atom stereocenters. The Hall–Kier alpha value is -2.06. The molecule has 2 aromatic carbocycles. The summed E-state index contributed by atoms with van der Waals surface area (Å²) in [4.78, 5) is 1.01. The number of hydrogen-bond acceptors (Lipinski definition) is 4. The molecule has 0 aliphatic rings. The highest BCUT2D eigenvalue weighted by Gasteiger charge is 2.18. The quantitative estimate of drug-likeness (QED) is 0.296. The lowest BCUT2D eigenvalue weighted by Crippen LogP contribution is -1.94. The maximum atomic E-state index is 9.97. The van der Waals surface area contributed by atoms with E-state index in [2.05, 4.69) is 37.3 Å². The Balaban J connectivity index is 2.36. The van der Waals surface area contributed by atoms with Crippen molar-refractivity contribution in [2.45, 2.75) is 13.3 Å². The number of hydrogen-bond donors (Lipinski definition) is 0. The lowest BCUT2D eigenvalue weighted by atomic mass is 9.92. The summed E-state index contributed by atoms with van der Waals surface area (Å²) in [5.74, 6) is 0. The number of nitriles is 1. The molecule has 0 fully saturated rings. The van der Waals surface area contributed by atoms with Crippen LogP contribution < -0.4 is 0 Å². The van der Waals surface area contributed by atoms with E-state index in [1.807, 2.05) is 36.4 Å². The zero-order valence-electron chi connectivity index (χ0n) is 13.2. The average molecular weight is 366 g/mol. The predicted octanol–water partition coefficient (Wildman–Crippen LogP) is 6.58. The first-order valence-corrected chi connectivity index (χ1v) is 10.2. The third kappa shape index (κ3) is 3.25. The zero-order valence-corrected chi connectivity index (χ0v) is 15.6. The fraction of sp³-hybridized carbons (Fsp3) is 0.100. The van der Waals surface area contributed by atoms with Crippen molar-refractivity contribution in [2.75, 3.05) is 0 Å². The van der Waals surface area contributed by atoms with Gasteiger partial charge in [0, 0.05) is 11.1 Å². The van der Waals surface area contributed by atoms with Gasteiger partial charge in [0.25, 0.3) is 0 Å². The van der Waals surface area contributed by atoms with Gasteiger partial charge < -0.3 is 0 Å². The van der Waals surface area contributed by atoms with Crippen LogP contribution in [0.15, 0.2) is 60.7 Å². The highest BCUT2D eigenvalue weighted by Crippen LogP contribution is 2.38. The van der Waals surface area contributed by atoms with Crippen molar-refractivity contribution < 1.29 is 0 Å². The lowest BCUT2D eigenvalue weighted by molar-refractivity contribution is 1.15. The van der Waals surface area contributed by atoms with Gasteiger partial charge in [0.1, 0.15) is 9.89 Å². The van der Waals surface area contributed by atoms with Crippen molar-refractivity contribution in [3.05, 3.63) is 86.1 Å². The molecule has 1 heterocycles. The molecule has 24 heavy (non-hydrogen) atoms. The van der Waals surface area contributed by atoms with E-state index in [0.29, 0.717) is 5.57 Å². The molecule has 0 saturated carbocycles. The molecule has 0 unspecified atom stereocenters. The van der Waals surface area contributed by atoms with Gasteiger partial charge in [0.05, 0.1) is 10.5 Å². The first kappa shape index (κ1) is 16.8. The van der Waals surface area contributed by atoms with Crippen molar-refractivity contribution in [3.8, 4) is 6.07 Å². The topological polar surface area (TPSA) is 23.8 Å². The number of benzene rings is 2. The van der Waals surface area contributed by atoms with Gasteiger partial charge >= 0.3 is 0 Å². The summed E-state index contributed by atoms with van der Waals surface area (Å²) >= 11 is 5.46. The molecule has 0 bridgehead atoms. The Morgan fingerprint density at radius 3 is 1.96 bits per heavy atom. The Labute approximate surface area is 154 Å². The van der Waals surface area contributed by atoms with Gasteiger partial charge in [-0.3, -0.25) is 0 Å². The Bertz CT molecular complexity index is 916. The molecule has 0 radical (unpaired) electrons. The van der Waals surface area contributed by atoms with E-state index in [9.17, 15) is 5.26 Å². The Kier molecular flexibility index (Phi) is 5.37. The summed E-state index contributed by atoms with van der Waals surface area (Å²) < 4.78 is 0.894. The zero-order chi connectivity index (χ0) is 16.9. The molecule has 0 aliphatic heterocycles. The van der Waals surface area contributed by atoms with Crippen LogP contribution in [-0.2, 0) is 6.42 Å². The minimum absolute atomic E-state index is 0.710. The van der Waals surface area contributed by atoms with Crippen molar-refractivity contribution in [1.82, 2.24) is 0 Å². The maximum absolute atomic E-state index is 9.97. The molecule has 1 nitrogen and oxygen atoms in total. The molecule has 0 N–H and O–H groups in total. The van der Waals surface area contributed by atoms with Crippen molar-refractivity contribution in [3.63, 3.8) is 0 Å². The highest BCUT2D eigenvalue weighted by molar-refractivity contribution is 7.79. The van der Waals surface area contributed by atoms with Gasteiger partial charge in [-0.2, -0.15) is 5.26 Å². The van der Waals surface area contributed by atoms with E-state index in [0.717, 1.165) is 37.4 Å². The van der Waals surface area contributed by atoms with Crippen LogP contribution in [0.4, 0.5) is 0 Å². The summed E-state index contributed by atoms with van der Waals surface area (Å²) in [5, 5.41) is 9.97. The molecule has 3 aromatic rings. The van der Waals surface area contributed by atoms with Crippen LogP contribution in [0.25, 0.3) is 11.1 Å². The molecule has 0 aliphatic carbocycles. The second-order valence-electron chi connectivity index (χ2n) is 5.21. The van der Waals surface area contributed by atoms with Gasteiger partial charge in [-0.15, -0.1) is 0 Å². The standard InChI is InChI=1S/C20H15NS3/c1-2-16-19(23-24-20(16)22)17(13-21)18(14-9-5-3-6-10-14)15-11-7-4-8-12-15/h3-12H,2H2,1H3. The number of nitrogens with zero attached hydrogens (tertiary/aromatic N) is 1. The summed E-state index contributed by atoms with van der Waals surface area (Å²) in [6.45, 7) is 2.09. The molecule has 118 valence electrons. The van der Waals surface area contributed by atoms with Gasteiger partial charge in [-0.25, -0.2) is 0 Å². The average Bonchev–Trinajstić information content (AvgIpc) is 3.01. The van der Waals surface area contributed by atoms with Crippen LogP contribution >= 0.6 is 32.9 Å². The van der Waals surface area contributed by atoms with Crippen LogP contribution in [0.3, 0.4) is 0 Å². The fourth-order valence-corrected chi connectivity index (χ4v) is 5.75. The third-order valence-corrected chi connectivity index (χ3v) is 6.95. The Morgan fingerprint density at radius 1 is 0.958 bits per heavy atom. The van der Waals surface area contributed by atoms with E-state index in [1.165, 1.54) is 0 Å². The molecule has 0 saturated heterocycles. The van der Waals surface area contributed by atoms with Crippen LogP contribution in [0.2, 0.25) is 0 Å². The van der Waals surface area contributed by atoms with Crippen LogP contribution in [0, 0.1) is 15.2 Å². The fourth-order valence-electron chi connectivity index (χ4n) is 2.66. The lowest BCUT2D eigenvalue weighted by Gasteiger charge is -2.12. The van der Waals surface area contributed by atoms with Crippen molar-refractivity contribution in [1.29, 1.82) is 5.26 Å². The van der Waals surface area contributed by atoms with E-state index in [1.54, 1.807) is 20.7 Å².